The molecular formula is C45H52F3N5O7. The number of amides is 3. The van der Waals surface area contributed by atoms with Crippen molar-refractivity contribution in [3.05, 3.63) is 114 Å². The molecule has 12 nitrogen and oxygen atoms in total. The molecule has 4 aromatic rings. The second-order valence-electron chi connectivity index (χ2n) is 16.4. The van der Waals surface area contributed by atoms with E-state index in [0.717, 1.165) is 29.3 Å². The van der Waals surface area contributed by atoms with Crippen molar-refractivity contribution in [2.24, 2.45) is 11.8 Å². The van der Waals surface area contributed by atoms with E-state index in [1.807, 2.05) is 60.7 Å². The van der Waals surface area contributed by atoms with Crippen LogP contribution in [0.1, 0.15) is 70.5 Å². The highest BCUT2D eigenvalue weighted by atomic mass is 19.1. The van der Waals surface area contributed by atoms with E-state index in [9.17, 15) is 23.6 Å². The zero-order valence-corrected chi connectivity index (χ0v) is 34.6. The molecule has 0 N–H and O–H groups in total. The van der Waals surface area contributed by atoms with Crippen molar-refractivity contribution in [3.8, 4) is 11.3 Å². The highest BCUT2D eigenvalue weighted by molar-refractivity contribution is 5.83. The van der Waals surface area contributed by atoms with E-state index in [4.69, 9.17) is 19.2 Å². The van der Waals surface area contributed by atoms with Crippen molar-refractivity contribution >= 4 is 24.1 Å². The summed E-state index contributed by atoms with van der Waals surface area (Å²) < 4.78 is 64.6. The standard InChI is InChI=1S/C45H52F3N5O7/c1-29(59-30(2)54)42(55)53(25-34-24-52(26-38(34)48)44(57)60-45(3,4)5)40(33-18-20-50(21-19-33)43(56)58-28-32-14-10-7-11-15-32)41-49-39(36-22-35(46)16-17-37(36)47)27-51(41)23-31-12-8-6-9-13-31/h6-17,22,27,29,33-34,38,40H,18-21,23-26,28H2,1-5H3/t29-,34+,38+,40?/m1/s1. The molecule has 3 aromatic carbocycles. The molecule has 0 radical (unpaired) electrons. The number of imidazole rings is 1. The Balaban J connectivity index is 1.42. The van der Waals surface area contributed by atoms with Gasteiger partial charge in [0, 0.05) is 57.3 Å². The van der Waals surface area contributed by atoms with Crippen LogP contribution in [-0.4, -0.2) is 98.9 Å². The molecule has 2 aliphatic rings. The molecular weight excluding hydrogens is 780 g/mol. The molecule has 1 aromatic heterocycles. The van der Waals surface area contributed by atoms with Gasteiger partial charge >= 0.3 is 18.2 Å². The van der Waals surface area contributed by atoms with Crippen molar-refractivity contribution in [1.82, 2.24) is 24.3 Å². The summed E-state index contributed by atoms with van der Waals surface area (Å²) in [7, 11) is 0. The van der Waals surface area contributed by atoms with Gasteiger partial charge in [-0.15, -0.1) is 0 Å². The number of ether oxygens (including phenoxy) is 3. The van der Waals surface area contributed by atoms with Crippen molar-refractivity contribution in [2.75, 3.05) is 32.7 Å². The van der Waals surface area contributed by atoms with Gasteiger partial charge in [-0.1, -0.05) is 60.7 Å². The fourth-order valence-corrected chi connectivity index (χ4v) is 7.82. The van der Waals surface area contributed by atoms with Gasteiger partial charge in [0.2, 0.25) is 0 Å². The molecule has 2 saturated heterocycles. The van der Waals surface area contributed by atoms with E-state index < -0.39 is 71.5 Å². The number of halogens is 3. The number of carbonyl (C=O) groups is 4. The lowest BCUT2D eigenvalue weighted by Crippen LogP contribution is -2.50. The fourth-order valence-electron chi connectivity index (χ4n) is 7.82. The molecule has 3 amide bonds. The summed E-state index contributed by atoms with van der Waals surface area (Å²) in [5, 5.41) is 0. The van der Waals surface area contributed by atoms with Gasteiger partial charge in [-0.25, -0.2) is 27.7 Å². The maximum atomic E-state index is 16.2. The first-order chi connectivity index (χ1) is 28.6. The number of rotatable bonds is 12. The number of esters is 1. The molecule has 1 unspecified atom stereocenters. The molecule has 3 heterocycles. The number of hydrogen-bond acceptors (Lipinski definition) is 8. The maximum Gasteiger partial charge on any atom is 0.410 e. The first kappa shape index (κ1) is 43.7. The number of carbonyl (C=O) groups excluding carboxylic acids is 4. The van der Waals surface area contributed by atoms with E-state index in [0.29, 0.717) is 18.7 Å². The van der Waals surface area contributed by atoms with E-state index in [2.05, 4.69) is 0 Å². The van der Waals surface area contributed by atoms with Crippen LogP contribution in [0.5, 0.6) is 0 Å². The van der Waals surface area contributed by atoms with Crippen LogP contribution in [0.2, 0.25) is 0 Å². The van der Waals surface area contributed by atoms with Crippen molar-refractivity contribution in [2.45, 2.75) is 84.5 Å². The monoisotopic (exact) mass is 831 g/mol. The zero-order valence-electron chi connectivity index (χ0n) is 34.6. The summed E-state index contributed by atoms with van der Waals surface area (Å²) in [4.78, 5) is 62.6. The molecule has 0 aliphatic carbocycles. The van der Waals surface area contributed by atoms with Crippen molar-refractivity contribution in [1.29, 1.82) is 0 Å². The van der Waals surface area contributed by atoms with Crippen LogP contribution < -0.4 is 0 Å². The highest BCUT2D eigenvalue weighted by Gasteiger charge is 2.45. The largest absolute Gasteiger partial charge is 0.453 e. The Morgan fingerprint density at radius 1 is 0.883 bits per heavy atom. The quantitative estimate of drug-likeness (QED) is 0.104. The van der Waals surface area contributed by atoms with E-state index in [1.165, 1.54) is 23.6 Å². The van der Waals surface area contributed by atoms with Crippen molar-refractivity contribution in [3.63, 3.8) is 0 Å². The SMILES string of the molecule is CC(=O)O[C@H](C)C(=O)N(C[C@@H]1CN(C(=O)OC(C)(C)C)C[C@@H]1F)C(c1nc(-c2cc(F)ccc2F)cn1Cc1ccccc1)C1CCN(C(=O)OCc2ccccc2)CC1. The number of hydrogen-bond donors (Lipinski definition) is 0. The van der Waals surface area contributed by atoms with Crippen LogP contribution >= 0.6 is 0 Å². The molecule has 0 spiro atoms. The third kappa shape index (κ3) is 11.0. The van der Waals surface area contributed by atoms with Gasteiger partial charge < -0.3 is 33.5 Å². The molecule has 0 saturated carbocycles. The normalized spacial score (nSPS) is 18.1. The lowest BCUT2D eigenvalue weighted by Gasteiger charge is -2.42. The van der Waals surface area contributed by atoms with Gasteiger partial charge in [-0.05, 0) is 75.8 Å². The lowest BCUT2D eigenvalue weighted by atomic mass is 9.86. The number of nitrogens with zero attached hydrogens (tertiary/aromatic N) is 5. The molecule has 0 bridgehead atoms. The number of benzene rings is 3. The third-order valence-corrected chi connectivity index (χ3v) is 10.7. The predicted octanol–water partition coefficient (Wildman–Crippen LogP) is 7.95. The van der Waals surface area contributed by atoms with Crippen molar-refractivity contribution < 1.29 is 46.6 Å². The lowest BCUT2D eigenvalue weighted by molar-refractivity contribution is -0.160. The van der Waals surface area contributed by atoms with Gasteiger partial charge in [0.1, 0.15) is 35.8 Å². The van der Waals surface area contributed by atoms with Crippen LogP contribution in [0.25, 0.3) is 11.3 Å². The summed E-state index contributed by atoms with van der Waals surface area (Å²) in [5.41, 5.74) is 0.847. The van der Waals surface area contributed by atoms with Gasteiger partial charge in [-0.3, -0.25) is 9.59 Å². The van der Waals surface area contributed by atoms with Crippen LogP contribution in [0, 0.1) is 23.5 Å². The highest BCUT2D eigenvalue weighted by Crippen LogP contribution is 2.39. The number of likely N-dealkylation sites (tertiary alicyclic amines) is 2. The molecule has 320 valence electrons. The minimum absolute atomic E-state index is 0.0710. The van der Waals surface area contributed by atoms with Crippen LogP contribution in [0.4, 0.5) is 22.8 Å². The number of piperidine rings is 1. The summed E-state index contributed by atoms with van der Waals surface area (Å²) in [6.45, 7) is 7.95. The summed E-state index contributed by atoms with van der Waals surface area (Å²) in [6, 6.07) is 20.8. The molecule has 6 rings (SSSR count). The van der Waals surface area contributed by atoms with Crippen LogP contribution in [-0.2, 0) is 37.0 Å². The Morgan fingerprint density at radius 2 is 1.53 bits per heavy atom. The minimum Gasteiger partial charge on any atom is -0.453 e. The molecule has 60 heavy (non-hydrogen) atoms. The minimum atomic E-state index is -1.56. The topological polar surface area (TPSA) is 124 Å². The van der Waals surface area contributed by atoms with Gasteiger partial charge in [0.15, 0.2) is 6.10 Å². The first-order valence-corrected chi connectivity index (χ1v) is 20.2. The first-order valence-electron chi connectivity index (χ1n) is 20.2. The number of aromatic nitrogens is 2. The van der Waals surface area contributed by atoms with E-state index in [-0.39, 0.29) is 57.1 Å². The Bertz CT molecular complexity index is 2120. The molecule has 2 aliphatic heterocycles. The zero-order chi connectivity index (χ0) is 43.1. The van der Waals surface area contributed by atoms with E-state index in [1.54, 1.807) is 36.4 Å². The molecule has 2 fully saturated rings. The average Bonchev–Trinajstić information content (AvgIpc) is 3.80. The van der Waals surface area contributed by atoms with E-state index >= 15 is 8.78 Å². The molecule has 15 heteroatoms. The fraction of sp³-hybridized carbons (Fsp3) is 0.444. The second kappa shape index (κ2) is 19.0. The molecule has 4 atom stereocenters. The van der Waals surface area contributed by atoms with Crippen LogP contribution in [0.3, 0.4) is 0 Å². The van der Waals surface area contributed by atoms with Gasteiger partial charge in [-0.2, -0.15) is 0 Å². The van der Waals surface area contributed by atoms with Gasteiger partial charge in [0.05, 0.1) is 18.3 Å². The summed E-state index contributed by atoms with van der Waals surface area (Å²) in [5.74, 6) is -3.76. The van der Waals surface area contributed by atoms with Gasteiger partial charge in [0.25, 0.3) is 5.91 Å². The predicted molar refractivity (Wildman–Crippen MR) is 216 cm³/mol. The Labute approximate surface area is 348 Å². The third-order valence-electron chi connectivity index (χ3n) is 10.7. The Kier molecular flexibility index (Phi) is 13.9. The summed E-state index contributed by atoms with van der Waals surface area (Å²) in [6.07, 6.45) is -1.79. The number of alkyl halides is 1. The smallest absolute Gasteiger partial charge is 0.410 e. The van der Waals surface area contributed by atoms with Crippen LogP contribution in [0.15, 0.2) is 85.1 Å². The Morgan fingerprint density at radius 3 is 2.17 bits per heavy atom. The Hall–Kier alpha value is -5.86. The second-order valence-corrected chi connectivity index (χ2v) is 16.4. The average molecular weight is 832 g/mol. The maximum absolute atomic E-state index is 16.2. The summed E-state index contributed by atoms with van der Waals surface area (Å²) >= 11 is 0.